The lowest BCUT2D eigenvalue weighted by molar-refractivity contribution is 0.247. The van der Waals surface area contributed by atoms with Crippen LogP contribution >= 0.6 is 24.8 Å². The SMILES string of the molecule is Cl.Cl.c1cc2nc(N3CCN(C4CC4)CC3)ccc2cc1C1CCCCC1. The Morgan fingerprint density at radius 3 is 2.22 bits per heavy atom. The van der Waals surface area contributed by atoms with Gasteiger partial charge < -0.3 is 4.90 Å². The third kappa shape index (κ3) is 4.52. The van der Waals surface area contributed by atoms with Gasteiger partial charge in [-0.2, -0.15) is 0 Å². The summed E-state index contributed by atoms with van der Waals surface area (Å²) in [6.07, 6.45) is 9.77. The number of pyridine rings is 1. The van der Waals surface area contributed by atoms with Crippen LogP contribution in [0.1, 0.15) is 56.4 Å². The van der Waals surface area contributed by atoms with Gasteiger partial charge in [-0.1, -0.05) is 25.3 Å². The lowest BCUT2D eigenvalue weighted by Crippen LogP contribution is -2.47. The molecule has 27 heavy (non-hydrogen) atoms. The number of hydrogen-bond donors (Lipinski definition) is 0. The summed E-state index contributed by atoms with van der Waals surface area (Å²) in [6.45, 7) is 4.64. The normalized spacial score (nSPS) is 21.6. The number of rotatable bonds is 3. The van der Waals surface area contributed by atoms with Crippen molar-refractivity contribution >= 4 is 41.5 Å². The molecule has 148 valence electrons. The van der Waals surface area contributed by atoms with E-state index in [1.54, 1.807) is 0 Å². The van der Waals surface area contributed by atoms with Crippen LogP contribution in [0.25, 0.3) is 10.9 Å². The van der Waals surface area contributed by atoms with Crippen LogP contribution < -0.4 is 4.90 Å². The van der Waals surface area contributed by atoms with E-state index in [1.165, 1.54) is 69.0 Å². The molecule has 0 radical (unpaired) electrons. The smallest absolute Gasteiger partial charge is 0.129 e. The third-order valence-electron chi connectivity index (χ3n) is 6.48. The van der Waals surface area contributed by atoms with Crippen LogP contribution in [-0.4, -0.2) is 42.1 Å². The lowest BCUT2D eigenvalue weighted by atomic mass is 9.84. The maximum atomic E-state index is 4.98. The second-order valence-electron chi connectivity index (χ2n) is 8.21. The molecule has 3 aliphatic rings. The summed E-state index contributed by atoms with van der Waals surface area (Å²) < 4.78 is 0. The van der Waals surface area contributed by atoms with Crippen LogP contribution in [0, 0.1) is 0 Å². The van der Waals surface area contributed by atoms with E-state index < -0.39 is 0 Å². The maximum Gasteiger partial charge on any atom is 0.129 e. The summed E-state index contributed by atoms with van der Waals surface area (Å²) in [5.74, 6) is 1.93. The first kappa shape index (κ1) is 20.7. The van der Waals surface area contributed by atoms with Gasteiger partial charge in [-0.25, -0.2) is 4.98 Å². The monoisotopic (exact) mass is 407 g/mol. The van der Waals surface area contributed by atoms with Crippen molar-refractivity contribution in [3.63, 3.8) is 0 Å². The van der Waals surface area contributed by atoms with Crippen LogP contribution in [0.4, 0.5) is 5.82 Å². The largest absolute Gasteiger partial charge is 0.354 e. The van der Waals surface area contributed by atoms with E-state index in [2.05, 4.69) is 40.1 Å². The minimum Gasteiger partial charge on any atom is -0.354 e. The molecule has 5 rings (SSSR count). The van der Waals surface area contributed by atoms with Gasteiger partial charge in [-0.15, -0.1) is 24.8 Å². The van der Waals surface area contributed by atoms with Crippen molar-refractivity contribution in [1.29, 1.82) is 0 Å². The van der Waals surface area contributed by atoms with E-state index in [0.29, 0.717) is 0 Å². The van der Waals surface area contributed by atoms with Gasteiger partial charge >= 0.3 is 0 Å². The van der Waals surface area contributed by atoms with Gasteiger partial charge in [-0.05, 0) is 61.4 Å². The molecule has 0 N–H and O–H groups in total. The average molecular weight is 408 g/mol. The molecule has 2 saturated carbocycles. The quantitative estimate of drug-likeness (QED) is 0.677. The topological polar surface area (TPSA) is 19.4 Å². The fourth-order valence-corrected chi connectivity index (χ4v) is 4.76. The number of benzene rings is 1. The first-order chi connectivity index (χ1) is 12.4. The summed E-state index contributed by atoms with van der Waals surface area (Å²) >= 11 is 0. The third-order valence-corrected chi connectivity index (χ3v) is 6.48. The van der Waals surface area contributed by atoms with Gasteiger partial charge in [0.2, 0.25) is 0 Å². The number of piperazine rings is 1. The zero-order chi connectivity index (χ0) is 16.6. The van der Waals surface area contributed by atoms with Crippen molar-refractivity contribution in [3.8, 4) is 0 Å². The first-order valence-corrected chi connectivity index (χ1v) is 10.3. The minimum atomic E-state index is 0. The van der Waals surface area contributed by atoms with E-state index >= 15 is 0 Å². The molecule has 5 heteroatoms. The van der Waals surface area contributed by atoms with Crippen LogP contribution in [-0.2, 0) is 0 Å². The number of hydrogen-bond acceptors (Lipinski definition) is 3. The average Bonchev–Trinajstić information content (AvgIpc) is 3.53. The maximum absolute atomic E-state index is 4.98. The zero-order valence-electron chi connectivity index (χ0n) is 16.0. The molecular formula is C22H31Cl2N3. The molecular weight excluding hydrogens is 377 g/mol. The molecule has 0 bridgehead atoms. The summed E-state index contributed by atoms with van der Waals surface area (Å²) in [5, 5.41) is 1.31. The molecule has 3 nitrogen and oxygen atoms in total. The van der Waals surface area contributed by atoms with Crippen molar-refractivity contribution in [1.82, 2.24) is 9.88 Å². The Bertz CT molecular complexity index is 748. The van der Waals surface area contributed by atoms with Crippen LogP contribution in [0.5, 0.6) is 0 Å². The van der Waals surface area contributed by atoms with E-state index in [9.17, 15) is 0 Å². The molecule has 1 saturated heterocycles. The van der Waals surface area contributed by atoms with Crippen LogP contribution in [0.3, 0.4) is 0 Å². The van der Waals surface area contributed by atoms with Gasteiger partial charge in [0, 0.05) is 37.6 Å². The van der Waals surface area contributed by atoms with Crippen molar-refractivity contribution in [2.75, 3.05) is 31.1 Å². The molecule has 2 aliphatic carbocycles. The van der Waals surface area contributed by atoms with Crippen LogP contribution in [0.2, 0.25) is 0 Å². The van der Waals surface area contributed by atoms with E-state index in [1.807, 2.05) is 0 Å². The summed E-state index contributed by atoms with van der Waals surface area (Å²) in [7, 11) is 0. The Morgan fingerprint density at radius 2 is 1.52 bits per heavy atom. The predicted molar refractivity (Wildman–Crippen MR) is 119 cm³/mol. The van der Waals surface area contributed by atoms with Crippen molar-refractivity contribution < 1.29 is 0 Å². The minimum absolute atomic E-state index is 0. The van der Waals surface area contributed by atoms with Gasteiger partial charge in [0.15, 0.2) is 0 Å². The fourth-order valence-electron chi connectivity index (χ4n) is 4.76. The second-order valence-corrected chi connectivity index (χ2v) is 8.21. The first-order valence-electron chi connectivity index (χ1n) is 10.3. The molecule has 1 aromatic heterocycles. The Morgan fingerprint density at radius 1 is 0.778 bits per heavy atom. The number of fused-ring (bicyclic) bond motifs is 1. The van der Waals surface area contributed by atoms with Gasteiger partial charge in [0.05, 0.1) is 5.52 Å². The number of aromatic nitrogens is 1. The molecule has 2 heterocycles. The highest BCUT2D eigenvalue weighted by Gasteiger charge is 2.31. The molecule has 0 spiro atoms. The van der Waals surface area contributed by atoms with Gasteiger partial charge in [0.25, 0.3) is 0 Å². The van der Waals surface area contributed by atoms with Crippen LogP contribution in [0.15, 0.2) is 30.3 Å². The Kier molecular flexibility index (Phi) is 6.88. The van der Waals surface area contributed by atoms with E-state index in [4.69, 9.17) is 4.98 Å². The Labute approximate surface area is 175 Å². The molecule has 0 atom stereocenters. The molecule has 1 aliphatic heterocycles. The zero-order valence-corrected chi connectivity index (χ0v) is 17.6. The van der Waals surface area contributed by atoms with Gasteiger partial charge in [0.1, 0.15) is 5.82 Å². The molecule has 3 fully saturated rings. The number of nitrogens with zero attached hydrogens (tertiary/aromatic N) is 3. The van der Waals surface area contributed by atoms with E-state index in [0.717, 1.165) is 36.4 Å². The summed E-state index contributed by atoms with van der Waals surface area (Å²) in [6, 6.07) is 12.4. The number of halogens is 2. The predicted octanol–water partition coefficient (Wildman–Crippen LogP) is 5.41. The molecule has 0 unspecified atom stereocenters. The summed E-state index contributed by atoms with van der Waals surface area (Å²) in [5.41, 5.74) is 2.68. The Hall–Kier alpha value is -1.03. The van der Waals surface area contributed by atoms with Crippen molar-refractivity contribution in [2.24, 2.45) is 0 Å². The highest BCUT2D eigenvalue weighted by Crippen LogP contribution is 2.34. The molecule has 2 aromatic rings. The molecule has 1 aromatic carbocycles. The Balaban J connectivity index is 0.00000105. The molecule has 0 amide bonds. The van der Waals surface area contributed by atoms with E-state index in [-0.39, 0.29) is 24.8 Å². The van der Waals surface area contributed by atoms with Gasteiger partial charge in [-0.3, -0.25) is 4.90 Å². The standard InChI is InChI=1S/C22H29N3.2ClH/c1-2-4-17(5-3-1)18-6-10-21-19(16-18)7-11-22(23-21)25-14-12-24(13-15-25)20-8-9-20;;/h6-7,10-11,16-17,20H,1-5,8-9,12-15H2;2*1H. The number of anilines is 1. The summed E-state index contributed by atoms with van der Waals surface area (Å²) in [4.78, 5) is 10.1. The highest BCUT2D eigenvalue weighted by molar-refractivity contribution is 5.85. The lowest BCUT2D eigenvalue weighted by Gasteiger charge is -2.35. The van der Waals surface area contributed by atoms with Crippen molar-refractivity contribution in [2.45, 2.75) is 56.9 Å². The highest BCUT2D eigenvalue weighted by atomic mass is 35.5. The van der Waals surface area contributed by atoms with Crippen molar-refractivity contribution in [3.05, 3.63) is 35.9 Å². The second kappa shape index (κ2) is 8.98. The fraction of sp³-hybridized carbons (Fsp3) is 0.591.